The van der Waals surface area contributed by atoms with Gasteiger partial charge in [0.25, 0.3) is 0 Å². The van der Waals surface area contributed by atoms with Gasteiger partial charge in [0, 0.05) is 26.4 Å². The number of imidazole rings is 1. The van der Waals surface area contributed by atoms with Crippen LogP contribution in [-0.4, -0.2) is 30.8 Å². The van der Waals surface area contributed by atoms with Crippen molar-refractivity contribution in [2.75, 3.05) is 13.2 Å². The topological polar surface area (TPSA) is 36.3 Å². The molecule has 1 aromatic heterocycles. The first-order valence-electron chi connectivity index (χ1n) is 10.3. The van der Waals surface area contributed by atoms with Gasteiger partial charge < -0.3 is 14.0 Å². The number of hydrogen-bond donors (Lipinski definition) is 0. The van der Waals surface area contributed by atoms with Crippen LogP contribution >= 0.6 is 0 Å². The summed E-state index contributed by atoms with van der Waals surface area (Å²) in [5.74, 6) is 0.934. The Balaban J connectivity index is 1.74. The lowest BCUT2D eigenvalue weighted by Crippen LogP contribution is -2.21. The first-order chi connectivity index (χ1) is 13.0. The number of unbranched alkanes of at least 4 members (excludes halogenated alkanes) is 4. The van der Waals surface area contributed by atoms with Crippen molar-refractivity contribution in [3.05, 3.63) is 36.8 Å². The minimum atomic E-state index is -1.03. The molecular weight excluding hydrogens is 352 g/mol. The predicted molar refractivity (Wildman–Crippen MR) is 116 cm³/mol. The molecule has 1 heterocycles. The molecule has 0 aliphatic rings. The SMILES string of the molecule is CCCCCCCOc1ccc(-c2cn(COCC[Si](C)(C)C)cn2)cc1. The molecule has 0 fully saturated rings. The van der Waals surface area contributed by atoms with Gasteiger partial charge in [0.15, 0.2) is 0 Å². The van der Waals surface area contributed by atoms with Crippen LogP contribution in [0.25, 0.3) is 11.3 Å². The summed E-state index contributed by atoms with van der Waals surface area (Å²) >= 11 is 0. The fourth-order valence-corrected chi connectivity index (χ4v) is 3.50. The summed E-state index contributed by atoms with van der Waals surface area (Å²) in [5.41, 5.74) is 2.07. The maximum atomic E-state index is 5.83. The molecule has 4 nitrogen and oxygen atoms in total. The van der Waals surface area contributed by atoms with E-state index >= 15 is 0 Å². The third kappa shape index (κ3) is 8.76. The summed E-state index contributed by atoms with van der Waals surface area (Å²) in [5, 5.41) is 0. The van der Waals surface area contributed by atoms with E-state index < -0.39 is 8.07 Å². The Labute approximate surface area is 165 Å². The molecule has 1 aromatic carbocycles. The van der Waals surface area contributed by atoms with Crippen LogP contribution in [0.2, 0.25) is 25.7 Å². The van der Waals surface area contributed by atoms with Gasteiger partial charge in [-0.2, -0.15) is 0 Å². The van der Waals surface area contributed by atoms with Crippen molar-refractivity contribution in [1.82, 2.24) is 9.55 Å². The van der Waals surface area contributed by atoms with Crippen molar-refractivity contribution in [3.63, 3.8) is 0 Å². The van der Waals surface area contributed by atoms with Gasteiger partial charge in [-0.3, -0.25) is 0 Å². The summed E-state index contributed by atoms with van der Waals surface area (Å²) in [6, 6.07) is 9.40. The lowest BCUT2D eigenvalue weighted by Gasteiger charge is -2.15. The molecule has 0 atom stereocenters. The second-order valence-electron chi connectivity index (χ2n) is 8.41. The summed E-state index contributed by atoms with van der Waals surface area (Å²) in [4.78, 5) is 4.50. The molecule has 0 bridgehead atoms. The van der Waals surface area contributed by atoms with Gasteiger partial charge in [-0.15, -0.1) is 0 Å². The average Bonchev–Trinajstić information content (AvgIpc) is 3.10. The molecule has 150 valence electrons. The zero-order valence-electron chi connectivity index (χ0n) is 17.5. The van der Waals surface area contributed by atoms with E-state index in [0.29, 0.717) is 6.73 Å². The minimum Gasteiger partial charge on any atom is -0.494 e. The van der Waals surface area contributed by atoms with Crippen LogP contribution in [0.5, 0.6) is 5.75 Å². The van der Waals surface area contributed by atoms with Crippen molar-refractivity contribution in [1.29, 1.82) is 0 Å². The van der Waals surface area contributed by atoms with Crippen LogP contribution in [0.4, 0.5) is 0 Å². The summed E-state index contributed by atoms with van der Waals surface area (Å²) in [7, 11) is -1.03. The standard InChI is InChI=1S/C22H36N2O2Si/c1-5-6-7-8-9-14-26-21-12-10-20(11-13-21)22-17-24(18-23-22)19-25-15-16-27(2,3)4/h10-13,17-18H,5-9,14-16,19H2,1-4H3. The van der Waals surface area contributed by atoms with E-state index in [4.69, 9.17) is 9.47 Å². The zero-order valence-corrected chi connectivity index (χ0v) is 18.5. The molecule has 0 unspecified atom stereocenters. The molecule has 2 aromatic rings. The van der Waals surface area contributed by atoms with Gasteiger partial charge in [-0.05, 0) is 36.7 Å². The fraction of sp³-hybridized carbons (Fsp3) is 0.591. The highest BCUT2D eigenvalue weighted by atomic mass is 28.3. The lowest BCUT2D eigenvalue weighted by molar-refractivity contribution is 0.0872. The molecule has 0 N–H and O–H groups in total. The summed E-state index contributed by atoms with van der Waals surface area (Å²) < 4.78 is 13.6. The number of ether oxygens (including phenoxy) is 2. The second-order valence-corrected chi connectivity index (χ2v) is 14.0. The zero-order chi connectivity index (χ0) is 19.5. The molecule has 0 saturated carbocycles. The molecule has 0 amide bonds. The molecule has 0 aliphatic heterocycles. The Morgan fingerprint density at radius 2 is 1.70 bits per heavy atom. The third-order valence-corrected chi connectivity index (χ3v) is 6.24. The molecular formula is C22H36N2O2Si. The molecule has 27 heavy (non-hydrogen) atoms. The van der Waals surface area contributed by atoms with Crippen LogP contribution < -0.4 is 4.74 Å². The molecule has 5 heteroatoms. The molecule has 0 aliphatic carbocycles. The average molecular weight is 389 g/mol. The highest BCUT2D eigenvalue weighted by Crippen LogP contribution is 2.21. The summed E-state index contributed by atoms with van der Waals surface area (Å²) in [6.07, 6.45) is 10.2. The third-order valence-electron chi connectivity index (χ3n) is 4.54. The largest absolute Gasteiger partial charge is 0.494 e. The van der Waals surface area contributed by atoms with E-state index in [-0.39, 0.29) is 0 Å². The Morgan fingerprint density at radius 1 is 0.963 bits per heavy atom. The van der Waals surface area contributed by atoms with Gasteiger partial charge in [0.1, 0.15) is 12.5 Å². The normalized spacial score (nSPS) is 11.7. The highest BCUT2D eigenvalue weighted by molar-refractivity contribution is 6.76. The first-order valence-corrected chi connectivity index (χ1v) is 14.0. The van der Waals surface area contributed by atoms with Gasteiger partial charge in [-0.1, -0.05) is 52.2 Å². The lowest BCUT2D eigenvalue weighted by atomic mass is 10.1. The number of benzene rings is 1. The minimum absolute atomic E-state index is 0.566. The Morgan fingerprint density at radius 3 is 2.41 bits per heavy atom. The van der Waals surface area contributed by atoms with Crippen molar-refractivity contribution in [2.24, 2.45) is 0 Å². The van der Waals surface area contributed by atoms with Gasteiger partial charge in [0.2, 0.25) is 0 Å². The van der Waals surface area contributed by atoms with Crippen molar-refractivity contribution < 1.29 is 9.47 Å². The van der Waals surface area contributed by atoms with Crippen molar-refractivity contribution >= 4 is 8.07 Å². The van der Waals surface area contributed by atoms with E-state index in [2.05, 4.69) is 43.7 Å². The first kappa shape index (κ1) is 21.7. The van der Waals surface area contributed by atoms with Gasteiger partial charge >= 0.3 is 0 Å². The fourth-order valence-electron chi connectivity index (χ4n) is 2.75. The predicted octanol–water partition coefficient (Wildman–Crippen LogP) is 6.21. The number of rotatable bonds is 13. The van der Waals surface area contributed by atoms with Crippen LogP contribution in [-0.2, 0) is 11.5 Å². The number of hydrogen-bond acceptors (Lipinski definition) is 3. The highest BCUT2D eigenvalue weighted by Gasteiger charge is 2.12. The second kappa shape index (κ2) is 11.3. The van der Waals surface area contributed by atoms with E-state index in [1.165, 1.54) is 31.7 Å². The van der Waals surface area contributed by atoms with Crippen LogP contribution in [0.3, 0.4) is 0 Å². The van der Waals surface area contributed by atoms with Crippen molar-refractivity contribution in [3.8, 4) is 17.0 Å². The smallest absolute Gasteiger partial charge is 0.123 e. The van der Waals surface area contributed by atoms with Crippen molar-refractivity contribution in [2.45, 2.75) is 71.4 Å². The number of nitrogens with zero attached hydrogens (tertiary/aromatic N) is 2. The van der Waals surface area contributed by atoms with Gasteiger partial charge in [0.05, 0.1) is 18.6 Å². The maximum absolute atomic E-state index is 5.83. The monoisotopic (exact) mass is 388 g/mol. The molecule has 2 rings (SSSR count). The van der Waals surface area contributed by atoms with Crippen LogP contribution in [0.1, 0.15) is 39.0 Å². The Kier molecular flexibility index (Phi) is 9.08. The summed E-state index contributed by atoms with van der Waals surface area (Å²) in [6.45, 7) is 11.5. The van der Waals surface area contributed by atoms with Gasteiger partial charge in [-0.25, -0.2) is 4.98 Å². The molecule has 0 radical (unpaired) electrons. The molecule has 0 spiro atoms. The van der Waals surface area contributed by atoms with E-state index in [9.17, 15) is 0 Å². The maximum Gasteiger partial charge on any atom is 0.123 e. The van der Waals surface area contributed by atoms with E-state index in [1.807, 2.05) is 29.2 Å². The Hall–Kier alpha value is -1.59. The molecule has 0 saturated heterocycles. The van der Waals surface area contributed by atoms with E-state index in [1.54, 1.807) is 0 Å². The Bertz CT molecular complexity index is 647. The van der Waals surface area contributed by atoms with E-state index in [0.717, 1.165) is 36.6 Å². The van der Waals surface area contributed by atoms with Crippen LogP contribution in [0.15, 0.2) is 36.8 Å². The van der Waals surface area contributed by atoms with Crippen LogP contribution in [0, 0.1) is 0 Å². The number of aromatic nitrogens is 2. The quantitative estimate of drug-likeness (QED) is 0.302.